The normalized spacial score (nSPS) is 27.7. The van der Waals surface area contributed by atoms with E-state index in [1.54, 1.807) is 6.26 Å². The number of rotatable bonds is 1. The number of pyridine rings is 1. The van der Waals surface area contributed by atoms with E-state index in [-0.39, 0.29) is 0 Å². The van der Waals surface area contributed by atoms with Crippen molar-refractivity contribution in [1.29, 1.82) is 0 Å². The summed E-state index contributed by atoms with van der Waals surface area (Å²) >= 11 is 0. The maximum atomic E-state index is 5.46. The number of hydrogen-bond acceptors (Lipinski definition) is 4. The molecule has 2 atom stereocenters. The predicted molar refractivity (Wildman–Crippen MR) is 70.8 cm³/mol. The zero-order valence-electron chi connectivity index (χ0n) is 10.3. The fourth-order valence-electron chi connectivity index (χ4n) is 3.38. The molecular formula is C14H17N3O. The van der Waals surface area contributed by atoms with Gasteiger partial charge in [-0.3, -0.25) is 4.98 Å². The van der Waals surface area contributed by atoms with Crippen molar-refractivity contribution < 1.29 is 4.42 Å². The Balaban J connectivity index is 1.72. The number of anilines is 1. The molecule has 4 heteroatoms. The summed E-state index contributed by atoms with van der Waals surface area (Å²) in [7, 11) is 0. The van der Waals surface area contributed by atoms with Gasteiger partial charge in [0.05, 0.1) is 18.1 Å². The standard InChI is InChI=1S/C14H17N3O/c1-2-11-13(3-5-15-11)17(6-1)10-8-14-12(16-9-10)4-7-18-14/h4,7-9,11,13,15H,1-3,5-6H2. The minimum absolute atomic E-state index is 0.632. The van der Waals surface area contributed by atoms with Gasteiger partial charge in [-0.1, -0.05) is 0 Å². The summed E-state index contributed by atoms with van der Waals surface area (Å²) in [6, 6.07) is 5.33. The Morgan fingerprint density at radius 3 is 3.39 bits per heavy atom. The van der Waals surface area contributed by atoms with Gasteiger partial charge in [0.1, 0.15) is 5.52 Å². The molecule has 2 unspecified atom stereocenters. The lowest BCUT2D eigenvalue weighted by atomic mass is 9.97. The first-order valence-electron chi connectivity index (χ1n) is 6.75. The highest BCUT2D eigenvalue weighted by Gasteiger charge is 2.35. The fourth-order valence-corrected chi connectivity index (χ4v) is 3.38. The Morgan fingerprint density at radius 2 is 2.39 bits per heavy atom. The molecule has 94 valence electrons. The van der Waals surface area contributed by atoms with Gasteiger partial charge in [0, 0.05) is 30.8 Å². The average Bonchev–Trinajstić information content (AvgIpc) is 3.05. The molecule has 4 heterocycles. The molecule has 0 amide bonds. The highest BCUT2D eigenvalue weighted by molar-refractivity contribution is 5.76. The van der Waals surface area contributed by atoms with Gasteiger partial charge in [0.25, 0.3) is 0 Å². The molecule has 2 saturated heterocycles. The van der Waals surface area contributed by atoms with Crippen molar-refractivity contribution in [3.05, 3.63) is 24.6 Å². The quantitative estimate of drug-likeness (QED) is 0.833. The summed E-state index contributed by atoms with van der Waals surface area (Å²) in [5, 5.41) is 3.60. The van der Waals surface area contributed by atoms with Crippen LogP contribution in [0.2, 0.25) is 0 Å². The molecule has 2 aromatic rings. The molecule has 0 bridgehead atoms. The highest BCUT2D eigenvalue weighted by atomic mass is 16.3. The summed E-state index contributed by atoms with van der Waals surface area (Å²) in [5.74, 6) is 0. The first kappa shape index (κ1) is 10.4. The maximum absolute atomic E-state index is 5.46. The van der Waals surface area contributed by atoms with E-state index in [0.29, 0.717) is 12.1 Å². The van der Waals surface area contributed by atoms with Crippen LogP contribution in [0.4, 0.5) is 5.69 Å². The lowest BCUT2D eigenvalue weighted by molar-refractivity contribution is 0.412. The van der Waals surface area contributed by atoms with Gasteiger partial charge in [0.2, 0.25) is 0 Å². The topological polar surface area (TPSA) is 41.3 Å². The molecule has 1 N–H and O–H groups in total. The van der Waals surface area contributed by atoms with Gasteiger partial charge < -0.3 is 14.6 Å². The minimum Gasteiger partial charge on any atom is -0.463 e. The number of nitrogens with one attached hydrogen (secondary N) is 1. The summed E-state index contributed by atoms with van der Waals surface area (Å²) in [4.78, 5) is 6.98. The number of furan rings is 1. The first-order chi connectivity index (χ1) is 8.92. The van der Waals surface area contributed by atoms with Gasteiger partial charge in [0.15, 0.2) is 5.58 Å². The van der Waals surface area contributed by atoms with Crippen LogP contribution in [0.5, 0.6) is 0 Å². The van der Waals surface area contributed by atoms with Crippen molar-refractivity contribution in [1.82, 2.24) is 10.3 Å². The molecule has 0 radical (unpaired) electrons. The lowest BCUT2D eigenvalue weighted by Crippen LogP contribution is -2.48. The Hall–Kier alpha value is -1.55. The molecule has 2 aliphatic rings. The molecule has 4 nitrogen and oxygen atoms in total. The molecule has 0 aliphatic carbocycles. The summed E-state index contributed by atoms with van der Waals surface area (Å²) in [6.45, 7) is 2.28. The largest absolute Gasteiger partial charge is 0.463 e. The number of piperidine rings is 1. The Bertz CT molecular complexity index is 565. The van der Waals surface area contributed by atoms with Crippen LogP contribution in [-0.2, 0) is 0 Å². The third-order valence-electron chi connectivity index (χ3n) is 4.25. The van der Waals surface area contributed by atoms with Crippen LogP contribution in [0.1, 0.15) is 19.3 Å². The van der Waals surface area contributed by atoms with Gasteiger partial charge in [-0.25, -0.2) is 0 Å². The second kappa shape index (κ2) is 3.99. The molecule has 0 spiro atoms. The van der Waals surface area contributed by atoms with Crippen LogP contribution < -0.4 is 10.2 Å². The van der Waals surface area contributed by atoms with Gasteiger partial charge in [-0.05, 0) is 25.8 Å². The van der Waals surface area contributed by atoms with Crippen molar-refractivity contribution in [2.75, 3.05) is 18.0 Å². The van der Waals surface area contributed by atoms with Crippen LogP contribution >= 0.6 is 0 Å². The number of fused-ring (bicyclic) bond motifs is 2. The van der Waals surface area contributed by atoms with Gasteiger partial charge in [-0.15, -0.1) is 0 Å². The van der Waals surface area contributed by atoms with Crippen molar-refractivity contribution >= 4 is 16.8 Å². The number of nitrogens with zero attached hydrogens (tertiary/aromatic N) is 2. The maximum Gasteiger partial charge on any atom is 0.154 e. The van der Waals surface area contributed by atoms with Crippen molar-refractivity contribution in [3.8, 4) is 0 Å². The first-order valence-corrected chi connectivity index (χ1v) is 6.75. The fraction of sp³-hybridized carbons (Fsp3) is 0.500. The zero-order chi connectivity index (χ0) is 11.9. The molecule has 4 rings (SSSR count). The Labute approximate surface area is 106 Å². The van der Waals surface area contributed by atoms with E-state index in [1.165, 1.54) is 24.9 Å². The van der Waals surface area contributed by atoms with Crippen molar-refractivity contribution in [2.24, 2.45) is 0 Å². The van der Waals surface area contributed by atoms with Crippen molar-refractivity contribution in [2.45, 2.75) is 31.3 Å². The SMILES string of the molecule is c1cc2ncc(N3CCCC4NCCC43)cc2o1. The van der Waals surface area contributed by atoms with Gasteiger partial charge in [-0.2, -0.15) is 0 Å². The second-order valence-electron chi connectivity index (χ2n) is 5.25. The smallest absolute Gasteiger partial charge is 0.154 e. The van der Waals surface area contributed by atoms with E-state index in [1.807, 2.05) is 12.3 Å². The number of hydrogen-bond donors (Lipinski definition) is 1. The second-order valence-corrected chi connectivity index (χ2v) is 5.25. The van der Waals surface area contributed by atoms with E-state index in [9.17, 15) is 0 Å². The summed E-state index contributed by atoms with van der Waals surface area (Å²) in [5.41, 5.74) is 3.04. The zero-order valence-corrected chi connectivity index (χ0v) is 10.3. The molecule has 2 fully saturated rings. The summed E-state index contributed by atoms with van der Waals surface area (Å²) in [6.07, 6.45) is 7.49. The van der Waals surface area contributed by atoms with E-state index in [4.69, 9.17) is 4.42 Å². The number of aromatic nitrogens is 1. The third kappa shape index (κ3) is 1.52. The monoisotopic (exact) mass is 243 g/mol. The van der Waals surface area contributed by atoms with Crippen LogP contribution in [0.25, 0.3) is 11.1 Å². The lowest BCUT2D eigenvalue weighted by Gasteiger charge is -2.38. The molecule has 0 saturated carbocycles. The third-order valence-corrected chi connectivity index (χ3v) is 4.25. The summed E-state index contributed by atoms with van der Waals surface area (Å²) < 4.78 is 5.46. The van der Waals surface area contributed by atoms with Crippen LogP contribution in [0.15, 0.2) is 29.0 Å². The molecule has 2 aliphatic heterocycles. The molecular weight excluding hydrogens is 226 g/mol. The molecule has 0 aromatic carbocycles. The Morgan fingerprint density at radius 1 is 1.39 bits per heavy atom. The van der Waals surface area contributed by atoms with Crippen LogP contribution in [0.3, 0.4) is 0 Å². The Kier molecular flexibility index (Phi) is 2.30. The minimum atomic E-state index is 0.632. The van der Waals surface area contributed by atoms with Gasteiger partial charge >= 0.3 is 0 Å². The predicted octanol–water partition coefficient (Wildman–Crippen LogP) is 2.16. The highest BCUT2D eigenvalue weighted by Crippen LogP contribution is 2.30. The van der Waals surface area contributed by atoms with E-state index in [2.05, 4.69) is 21.3 Å². The van der Waals surface area contributed by atoms with E-state index in [0.717, 1.165) is 24.2 Å². The molecule has 18 heavy (non-hydrogen) atoms. The average molecular weight is 243 g/mol. The van der Waals surface area contributed by atoms with Crippen LogP contribution in [0, 0.1) is 0 Å². The molecule has 2 aromatic heterocycles. The van der Waals surface area contributed by atoms with E-state index < -0.39 is 0 Å². The van der Waals surface area contributed by atoms with Crippen molar-refractivity contribution in [3.63, 3.8) is 0 Å². The van der Waals surface area contributed by atoms with Crippen LogP contribution in [-0.4, -0.2) is 30.2 Å². The van der Waals surface area contributed by atoms with E-state index >= 15 is 0 Å².